The quantitative estimate of drug-likeness (QED) is 0.434. The lowest BCUT2D eigenvalue weighted by molar-refractivity contribution is 0.513. The summed E-state index contributed by atoms with van der Waals surface area (Å²) >= 11 is 0. The Morgan fingerprint density at radius 1 is 1.18 bits per heavy atom. The van der Waals surface area contributed by atoms with Gasteiger partial charge in [-0.1, -0.05) is 20.8 Å². The highest BCUT2D eigenvalue weighted by Gasteiger charge is 1.92. The maximum Gasteiger partial charge on any atom is 0.0454 e. The van der Waals surface area contributed by atoms with E-state index in [-0.39, 0.29) is 0 Å². The summed E-state index contributed by atoms with van der Waals surface area (Å²) in [7, 11) is 0. The zero-order valence-electron chi connectivity index (χ0n) is 8.11. The molecule has 0 aromatic rings. The molecule has 0 bridgehead atoms. The first-order chi connectivity index (χ1) is 5.27. The normalized spacial score (nSPS) is 10.9. The SMILES string of the molecule is CCNCNCCCC(C)C. The Kier molecular flexibility index (Phi) is 7.96. The standard InChI is InChI=1S/C9H22N2/c1-4-10-8-11-7-5-6-9(2)3/h9-11H,4-8H2,1-3H3. The van der Waals surface area contributed by atoms with E-state index in [1.807, 2.05) is 0 Å². The van der Waals surface area contributed by atoms with Gasteiger partial charge in [-0.05, 0) is 31.8 Å². The third-order valence-corrected chi connectivity index (χ3v) is 1.64. The van der Waals surface area contributed by atoms with Gasteiger partial charge in [0.05, 0.1) is 0 Å². The van der Waals surface area contributed by atoms with Crippen molar-refractivity contribution in [2.75, 3.05) is 19.8 Å². The molecule has 11 heavy (non-hydrogen) atoms. The van der Waals surface area contributed by atoms with Crippen LogP contribution in [0.25, 0.3) is 0 Å². The summed E-state index contributed by atoms with van der Waals surface area (Å²) in [6.45, 7) is 9.81. The van der Waals surface area contributed by atoms with E-state index in [2.05, 4.69) is 31.4 Å². The Hall–Kier alpha value is -0.0800. The first-order valence-corrected chi connectivity index (χ1v) is 4.68. The lowest BCUT2D eigenvalue weighted by Crippen LogP contribution is -2.29. The van der Waals surface area contributed by atoms with E-state index in [1.165, 1.54) is 12.8 Å². The summed E-state index contributed by atoms with van der Waals surface area (Å²) in [4.78, 5) is 0. The number of hydrogen-bond acceptors (Lipinski definition) is 2. The van der Waals surface area contributed by atoms with E-state index in [0.29, 0.717) is 0 Å². The van der Waals surface area contributed by atoms with Crippen LogP contribution in [0.2, 0.25) is 0 Å². The second-order valence-corrected chi connectivity index (χ2v) is 3.32. The number of rotatable bonds is 7. The van der Waals surface area contributed by atoms with E-state index in [0.717, 1.165) is 25.7 Å². The van der Waals surface area contributed by atoms with E-state index in [4.69, 9.17) is 0 Å². The van der Waals surface area contributed by atoms with Gasteiger partial charge in [0.15, 0.2) is 0 Å². The molecule has 0 saturated heterocycles. The molecule has 0 unspecified atom stereocenters. The molecule has 0 spiro atoms. The Bertz CT molecular complexity index is 72.0. The monoisotopic (exact) mass is 158 g/mol. The zero-order valence-corrected chi connectivity index (χ0v) is 8.11. The van der Waals surface area contributed by atoms with Crippen molar-refractivity contribution in [1.29, 1.82) is 0 Å². The van der Waals surface area contributed by atoms with E-state index >= 15 is 0 Å². The summed E-state index contributed by atoms with van der Waals surface area (Å²) in [6, 6.07) is 0. The largest absolute Gasteiger partial charge is 0.305 e. The Morgan fingerprint density at radius 3 is 2.45 bits per heavy atom. The van der Waals surface area contributed by atoms with Crippen LogP contribution in [-0.2, 0) is 0 Å². The summed E-state index contributed by atoms with van der Waals surface area (Å²) in [5.74, 6) is 0.843. The smallest absolute Gasteiger partial charge is 0.0454 e. The van der Waals surface area contributed by atoms with Gasteiger partial charge in [0.25, 0.3) is 0 Å². The summed E-state index contributed by atoms with van der Waals surface area (Å²) < 4.78 is 0. The fourth-order valence-electron chi connectivity index (χ4n) is 0.937. The molecule has 0 radical (unpaired) electrons. The van der Waals surface area contributed by atoms with Crippen LogP contribution in [0.3, 0.4) is 0 Å². The molecule has 0 aliphatic carbocycles. The molecule has 0 heterocycles. The van der Waals surface area contributed by atoms with Crippen LogP contribution >= 0.6 is 0 Å². The second kappa shape index (κ2) is 8.02. The summed E-state index contributed by atoms with van der Waals surface area (Å²) in [6.07, 6.45) is 2.63. The summed E-state index contributed by atoms with van der Waals surface area (Å²) in [5, 5.41) is 6.56. The molecule has 2 N–H and O–H groups in total. The third-order valence-electron chi connectivity index (χ3n) is 1.64. The molecule has 2 nitrogen and oxygen atoms in total. The van der Waals surface area contributed by atoms with Crippen LogP contribution < -0.4 is 10.6 Å². The predicted molar refractivity (Wildman–Crippen MR) is 50.6 cm³/mol. The fourth-order valence-corrected chi connectivity index (χ4v) is 0.937. The van der Waals surface area contributed by atoms with Crippen molar-refractivity contribution in [2.45, 2.75) is 33.6 Å². The minimum atomic E-state index is 0.843. The van der Waals surface area contributed by atoms with Gasteiger partial charge in [0.2, 0.25) is 0 Å². The second-order valence-electron chi connectivity index (χ2n) is 3.32. The molecule has 2 heteroatoms. The third kappa shape index (κ3) is 9.92. The van der Waals surface area contributed by atoms with Crippen molar-refractivity contribution in [1.82, 2.24) is 10.6 Å². The highest BCUT2D eigenvalue weighted by molar-refractivity contribution is 4.49. The zero-order chi connectivity index (χ0) is 8.53. The van der Waals surface area contributed by atoms with E-state index < -0.39 is 0 Å². The van der Waals surface area contributed by atoms with Gasteiger partial charge in [-0.3, -0.25) is 0 Å². The molecule has 0 aromatic heterocycles. The summed E-state index contributed by atoms with van der Waals surface area (Å²) in [5.41, 5.74) is 0. The average Bonchev–Trinajstić information content (AvgIpc) is 1.96. The van der Waals surface area contributed by atoms with Crippen molar-refractivity contribution in [3.63, 3.8) is 0 Å². The Labute approximate surface area is 70.8 Å². The van der Waals surface area contributed by atoms with Gasteiger partial charge in [0.1, 0.15) is 0 Å². The van der Waals surface area contributed by atoms with Crippen molar-refractivity contribution in [3.05, 3.63) is 0 Å². The molecule has 0 rings (SSSR count). The maximum atomic E-state index is 3.33. The minimum absolute atomic E-state index is 0.843. The van der Waals surface area contributed by atoms with Crippen LogP contribution in [-0.4, -0.2) is 19.8 Å². The predicted octanol–water partition coefficient (Wildman–Crippen LogP) is 1.58. The van der Waals surface area contributed by atoms with Crippen LogP contribution in [0, 0.1) is 5.92 Å². The lowest BCUT2D eigenvalue weighted by atomic mass is 10.1. The van der Waals surface area contributed by atoms with E-state index in [9.17, 15) is 0 Å². The molecule has 68 valence electrons. The lowest BCUT2D eigenvalue weighted by Gasteiger charge is -2.06. The Morgan fingerprint density at radius 2 is 1.91 bits per heavy atom. The molecule has 0 saturated carbocycles. The maximum absolute atomic E-state index is 3.33. The van der Waals surface area contributed by atoms with Crippen LogP contribution in [0.1, 0.15) is 33.6 Å². The molecule has 0 aliphatic heterocycles. The van der Waals surface area contributed by atoms with E-state index in [1.54, 1.807) is 0 Å². The Balaban J connectivity index is 2.80. The molecule has 0 aliphatic rings. The minimum Gasteiger partial charge on any atom is -0.305 e. The van der Waals surface area contributed by atoms with Crippen LogP contribution in [0.4, 0.5) is 0 Å². The van der Waals surface area contributed by atoms with Gasteiger partial charge >= 0.3 is 0 Å². The molecule has 0 fully saturated rings. The van der Waals surface area contributed by atoms with Gasteiger partial charge < -0.3 is 10.6 Å². The highest BCUT2D eigenvalue weighted by Crippen LogP contribution is 2.01. The first kappa shape index (κ1) is 10.9. The van der Waals surface area contributed by atoms with Crippen LogP contribution in [0.15, 0.2) is 0 Å². The molecule has 0 atom stereocenters. The average molecular weight is 158 g/mol. The van der Waals surface area contributed by atoms with Gasteiger partial charge in [-0.2, -0.15) is 0 Å². The molecular formula is C9H22N2. The molecule has 0 amide bonds. The van der Waals surface area contributed by atoms with Gasteiger partial charge in [0, 0.05) is 6.67 Å². The van der Waals surface area contributed by atoms with Crippen molar-refractivity contribution in [3.8, 4) is 0 Å². The number of nitrogens with one attached hydrogen (secondary N) is 2. The van der Waals surface area contributed by atoms with Crippen molar-refractivity contribution >= 4 is 0 Å². The topological polar surface area (TPSA) is 24.1 Å². The highest BCUT2D eigenvalue weighted by atomic mass is 15.0. The fraction of sp³-hybridized carbons (Fsp3) is 1.00. The van der Waals surface area contributed by atoms with Crippen molar-refractivity contribution in [2.24, 2.45) is 5.92 Å². The molecule has 0 aromatic carbocycles. The van der Waals surface area contributed by atoms with Gasteiger partial charge in [-0.25, -0.2) is 0 Å². The van der Waals surface area contributed by atoms with Crippen LogP contribution in [0.5, 0.6) is 0 Å². The molecular weight excluding hydrogens is 136 g/mol. The van der Waals surface area contributed by atoms with Crippen molar-refractivity contribution < 1.29 is 0 Å². The van der Waals surface area contributed by atoms with Gasteiger partial charge in [-0.15, -0.1) is 0 Å². The number of hydrogen-bond donors (Lipinski definition) is 2. The first-order valence-electron chi connectivity index (χ1n) is 4.68.